The zero-order valence-electron chi connectivity index (χ0n) is 12.4. The third-order valence-electron chi connectivity index (χ3n) is 3.28. The topological polar surface area (TPSA) is 95.5 Å². The molecule has 0 saturated heterocycles. The second kappa shape index (κ2) is 6.72. The molecule has 0 heterocycles. The van der Waals surface area contributed by atoms with E-state index >= 15 is 0 Å². The first kappa shape index (κ1) is 16.5. The van der Waals surface area contributed by atoms with Gasteiger partial charge < -0.3 is 15.7 Å². The highest BCUT2D eigenvalue weighted by molar-refractivity contribution is 5.85. The molecule has 2 amide bonds. The summed E-state index contributed by atoms with van der Waals surface area (Å²) in [5.74, 6) is -1.58. The van der Waals surface area contributed by atoms with Crippen molar-refractivity contribution in [1.82, 2.24) is 10.6 Å². The Kier molecular flexibility index (Phi) is 5.53. The zero-order chi connectivity index (χ0) is 15.3. The normalized spacial score (nSPS) is 22.4. The number of nitrogens with one attached hydrogen (secondary N) is 2. The van der Waals surface area contributed by atoms with Gasteiger partial charge in [0, 0.05) is 12.5 Å². The van der Waals surface area contributed by atoms with E-state index in [1.54, 1.807) is 0 Å². The molecule has 0 spiro atoms. The molecule has 0 aromatic rings. The molecular formula is C14H24N2O4. The van der Waals surface area contributed by atoms with Gasteiger partial charge in [-0.2, -0.15) is 0 Å². The van der Waals surface area contributed by atoms with Crippen molar-refractivity contribution in [3.63, 3.8) is 0 Å². The highest BCUT2D eigenvalue weighted by Gasteiger charge is 2.30. The van der Waals surface area contributed by atoms with Gasteiger partial charge in [0.2, 0.25) is 11.8 Å². The maximum atomic E-state index is 11.7. The van der Waals surface area contributed by atoms with Crippen molar-refractivity contribution in [2.24, 2.45) is 11.3 Å². The van der Waals surface area contributed by atoms with Crippen LogP contribution in [0.4, 0.5) is 0 Å². The summed E-state index contributed by atoms with van der Waals surface area (Å²) in [5, 5.41) is 14.2. The van der Waals surface area contributed by atoms with E-state index in [-0.39, 0.29) is 35.7 Å². The van der Waals surface area contributed by atoms with Gasteiger partial charge in [-0.3, -0.25) is 14.4 Å². The molecule has 0 aliphatic heterocycles. The molecule has 6 nitrogen and oxygen atoms in total. The molecule has 1 aliphatic rings. The lowest BCUT2D eigenvalue weighted by atomic mass is 9.92. The maximum Gasteiger partial charge on any atom is 0.306 e. The molecule has 0 aromatic heterocycles. The number of rotatable bonds is 5. The number of carbonyl (C=O) groups is 3. The molecule has 114 valence electrons. The summed E-state index contributed by atoms with van der Waals surface area (Å²) in [5.41, 5.74) is -0.110. The van der Waals surface area contributed by atoms with Gasteiger partial charge in [0.05, 0.1) is 12.5 Å². The Bertz CT molecular complexity index is 387. The molecule has 0 radical (unpaired) electrons. The smallest absolute Gasteiger partial charge is 0.306 e. The number of hydrogen-bond acceptors (Lipinski definition) is 3. The first-order chi connectivity index (χ1) is 9.17. The summed E-state index contributed by atoms with van der Waals surface area (Å²) in [7, 11) is 0. The molecule has 0 bridgehead atoms. The van der Waals surface area contributed by atoms with Crippen LogP contribution in [0.1, 0.15) is 46.5 Å². The van der Waals surface area contributed by atoms with Gasteiger partial charge in [0.25, 0.3) is 0 Å². The van der Waals surface area contributed by atoms with Crippen molar-refractivity contribution in [3.05, 3.63) is 0 Å². The van der Waals surface area contributed by atoms with Crippen LogP contribution in [-0.4, -0.2) is 35.5 Å². The number of aliphatic carboxylic acids is 1. The first-order valence-corrected chi connectivity index (χ1v) is 6.96. The van der Waals surface area contributed by atoms with E-state index in [4.69, 9.17) is 5.11 Å². The van der Waals surface area contributed by atoms with Crippen molar-refractivity contribution in [1.29, 1.82) is 0 Å². The van der Waals surface area contributed by atoms with Crippen LogP contribution in [0, 0.1) is 11.3 Å². The largest absolute Gasteiger partial charge is 0.481 e. The standard InChI is InChI=1S/C14H24N2O4/c1-14(2,3)7-11(17)15-8-12(18)16-10-5-4-9(6-10)13(19)20/h9-10H,4-8H2,1-3H3,(H,15,17)(H,16,18)(H,19,20)/t9-,10+/m0/s1. The van der Waals surface area contributed by atoms with Crippen molar-refractivity contribution < 1.29 is 19.5 Å². The molecule has 1 fully saturated rings. The Morgan fingerprint density at radius 1 is 1.15 bits per heavy atom. The Morgan fingerprint density at radius 3 is 2.30 bits per heavy atom. The van der Waals surface area contributed by atoms with Crippen LogP contribution in [0.5, 0.6) is 0 Å². The molecular weight excluding hydrogens is 260 g/mol. The van der Waals surface area contributed by atoms with Crippen LogP contribution in [-0.2, 0) is 14.4 Å². The van der Waals surface area contributed by atoms with Crippen molar-refractivity contribution in [2.45, 2.75) is 52.5 Å². The van der Waals surface area contributed by atoms with Gasteiger partial charge in [0.15, 0.2) is 0 Å². The minimum atomic E-state index is -0.805. The summed E-state index contributed by atoms with van der Waals surface area (Å²) >= 11 is 0. The van der Waals surface area contributed by atoms with Crippen LogP contribution >= 0.6 is 0 Å². The van der Waals surface area contributed by atoms with Crippen LogP contribution in [0.15, 0.2) is 0 Å². The zero-order valence-corrected chi connectivity index (χ0v) is 12.4. The van der Waals surface area contributed by atoms with E-state index in [0.29, 0.717) is 25.7 Å². The van der Waals surface area contributed by atoms with E-state index in [2.05, 4.69) is 10.6 Å². The molecule has 1 rings (SSSR count). The SMILES string of the molecule is CC(C)(C)CC(=O)NCC(=O)N[C@@H]1CC[C@H](C(=O)O)C1. The Labute approximate surface area is 119 Å². The van der Waals surface area contributed by atoms with E-state index in [0.717, 1.165) is 0 Å². The molecule has 0 aromatic carbocycles. The molecule has 2 atom stereocenters. The molecule has 0 unspecified atom stereocenters. The van der Waals surface area contributed by atoms with Gasteiger partial charge >= 0.3 is 5.97 Å². The number of amides is 2. The van der Waals surface area contributed by atoms with Crippen molar-refractivity contribution in [2.75, 3.05) is 6.54 Å². The van der Waals surface area contributed by atoms with Gasteiger partial charge in [-0.25, -0.2) is 0 Å². The third-order valence-corrected chi connectivity index (χ3v) is 3.28. The summed E-state index contributed by atoms with van der Waals surface area (Å²) in [6.45, 7) is 5.81. The number of hydrogen-bond donors (Lipinski definition) is 3. The minimum absolute atomic E-state index is 0.0524. The summed E-state index contributed by atoms with van der Waals surface area (Å²) in [6, 6.07) is -0.0943. The van der Waals surface area contributed by atoms with Crippen LogP contribution in [0.3, 0.4) is 0 Å². The van der Waals surface area contributed by atoms with Gasteiger partial charge in [-0.05, 0) is 24.7 Å². The number of carboxylic acids is 1. The van der Waals surface area contributed by atoms with E-state index in [9.17, 15) is 14.4 Å². The molecule has 1 aliphatic carbocycles. The predicted octanol–water partition coefficient (Wildman–Crippen LogP) is 0.908. The summed E-state index contributed by atoms with van der Waals surface area (Å²) in [6.07, 6.45) is 2.11. The van der Waals surface area contributed by atoms with Crippen molar-refractivity contribution in [3.8, 4) is 0 Å². The predicted molar refractivity (Wildman–Crippen MR) is 74.0 cm³/mol. The molecule has 1 saturated carbocycles. The van der Waals surface area contributed by atoms with Gasteiger partial charge in [0.1, 0.15) is 0 Å². The monoisotopic (exact) mass is 284 g/mol. The fourth-order valence-corrected chi connectivity index (χ4v) is 2.34. The fourth-order valence-electron chi connectivity index (χ4n) is 2.34. The van der Waals surface area contributed by atoms with Gasteiger partial charge in [-0.15, -0.1) is 0 Å². The lowest BCUT2D eigenvalue weighted by Crippen LogP contribution is -2.41. The lowest BCUT2D eigenvalue weighted by molar-refractivity contribution is -0.141. The quantitative estimate of drug-likeness (QED) is 0.699. The Balaban J connectivity index is 2.25. The average Bonchev–Trinajstić information content (AvgIpc) is 2.72. The Hall–Kier alpha value is -1.59. The first-order valence-electron chi connectivity index (χ1n) is 6.96. The van der Waals surface area contributed by atoms with E-state index in [1.807, 2.05) is 20.8 Å². The second-order valence-corrected chi connectivity index (χ2v) is 6.63. The highest BCUT2D eigenvalue weighted by Crippen LogP contribution is 2.25. The summed E-state index contributed by atoms with van der Waals surface area (Å²) in [4.78, 5) is 34.1. The molecule has 20 heavy (non-hydrogen) atoms. The number of carboxylic acid groups (broad SMARTS) is 1. The van der Waals surface area contributed by atoms with E-state index < -0.39 is 5.97 Å². The average molecular weight is 284 g/mol. The van der Waals surface area contributed by atoms with E-state index in [1.165, 1.54) is 0 Å². The van der Waals surface area contributed by atoms with Gasteiger partial charge in [-0.1, -0.05) is 20.8 Å². The van der Waals surface area contributed by atoms with Crippen LogP contribution in [0.2, 0.25) is 0 Å². The minimum Gasteiger partial charge on any atom is -0.481 e. The molecule has 6 heteroatoms. The number of carbonyl (C=O) groups excluding carboxylic acids is 2. The third kappa shape index (κ3) is 6.04. The van der Waals surface area contributed by atoms with Crippen LogP contribution < -0.4 is 10.6 Å². The Morgan fingerprint density at radius 2 is 1.80 bits per heavy atom. The van der Waals surface area contributed by atoms with Crippen molar-refractivity contribution >= 4 is 17.8 Å². The summed E-state index contributed by atoms with van der Waals surface area (Å²) < 4.78 is 0. The maximum absolute atomic E-state index is 11.7. The highest BCUT2D eigenvalue weighted by atomic mass is 16.4. The fraction of sp³-hybridized carbons (Fsp3) is 0.786. The lowest BCUT2D eigenvalue weighted by Gasteiger charge is -2.17. The van der Waals surface area contributed by atoms with Crippen LogP contribution in [0.25, 0.3) is 0 Å². The second-order valence-electron chi connectivity index (χ2n) is 6.63. The molecule has 3 N–H and O–H groups in total.